The molecule has 1 saturated heterocycles. The number of nitrogens with zero attached hydrogens (tertiary/aromatic N) is 4. The van der Waals surface area contributed by atoms with Gasteiger partial charge in [0.1, 0.15) is 10.6 Å². The summed E-state index contributed by atoms with van der Waals surface area (Å²) < 4.78 is 0. The second-order valence-electron chi connectivity index (χ2n) is 6.49. The number of aromatic nitrogens is 2. The van der Waals surface area contributed by atoms with Gasteiger partial charge in [0, 0.05) is 37.4 Å². The van der Waals surface area contributed by atoms with Crippen LogP contribution < -0.4 is 0 Å². The van der Waals surface area contributed by atoms with Crippen molar-refractivity contribution in [2.75, 3.05) is 27.2 Å². The van der Waals surface area contributed by atoms with Crippen molar-refractivity contribution in [1.29, 1.82) is 0 Å². The van der Waals surface area contributed by atoms with Crippen molar-refractivity contribution in [3.63, 3.8) is 0 Å². The van der Waals surface area contributed by atoms with E-state index in [1.807, 2.05) is 17.6 Å². The molecular weight excluding hydrogens is 308 g/mol. The number of likely N-dealkylation sites (tertiary alicyclic amines) is 1. The predicted molar refractivity (Wildman–Crippen MR) is 92.1 cm³/mol. The molecule has 0 saturated carbocycles. The summed E-state index contributed by atoms with van der Waals surface area (Å²) >= 11 is 1.64. The normalized spacial score (nSPS) is 18.4. The minimum atomic E-state index is -0.747. The fourth-order valence-corrected chi connectivity index (χ4v) is 3.90. The largest absolute Gasteiger partial charge is 0.383 e. The van der Waals surface area contributed by atoms with Crippen LogP contribution in [-0.4, -0.2) is 52.1 Å². The highest BCUT2D eigenvalue weighted by molar-refractivity contribution is 7.09. The number of hydrogen-bond acceptors (Lipinski definition) is 6. The number of aliphatic hydroxyl groups is 1. The fourth-order valence-electron chi connectivity index (χ4n) is 2.93. The second-order valence-corrected chi connectivity index (χ2v) is 7.44. The van der Waals surface area contributed by atoms with E-state index in [-0.39, 0.29) is 0 Å². The first-order valence-electron chi connectivity index (χ1n) is 7.98. The van der Waals surface area contributed by atoms with Gasteiger partial charge in [0.25, 0.3) is 0 Å². The standard InChI is InChI=1S/C17H24N4OS/c1-20-8-5-17(22,6-9-20)15-13-23-16(19-15)12-21(2)11-14-4-3-7-18-10-14/h3-4,7,10,13,22H,5-6,8-9,11-12H2,1-2H3. The van der Waals surface area contributed by atoms with E-state index in [9.17, 15) is 5.11 Å². The summed E-state index contributed by atoms with van der Waals surface area (Å²) in [6, 6.07) is 4.04. The van der Waals surface area contributed by atoms with Crippen LogP contribution in [0.4, 0.5) is 0 Å². The molecule has 0 bridgehead atoms. The molecule has 23 heavy (non-hydrogen) atoms. The lowest BCUT2D eigenvalue weighted by molar-refractivity contribution is -0.0235. The molecule has 5 nitrogen and oxygen atoms in total. The lowest BCUT2D eigenvalue weighted by Gasteiger charge is -2.35. The van der Waals surface area contributed by atoms with Crippen LogP contribution in [-0.2, 0) is 18.7 Å². The third kappa shape index (κ3) is 4.14. The fraction of sp³-hybridized carbons (Fsp3) is 0.529. The Morgan fingerprint density at radius 1 is 1.35 bits per heavy atom. The molecule has 2 aromatic rings. The van der Waals surface area contributed by atoms with E-state index in [1.54, 1.807) is 17.5 Å². The predicted octanol–water partition coefficient (Wildman–Crippen LogP) is 2.08. The summed E-state index contributed by atoms with van der Waals surface area (Å²) in [7, 11) is 4.18. The van der Waals surface area contributed by atoms with Crippen LogP contribution in [0, 0.1) is 0 Å². The van der Waals surface area contributed by atoms with E-state index in [0.29, 0.717) is 0 Å². The Morgan fingerprint density at radius 3 is 2.83 bits per heavy atom. The van der Waals surface area contributed by atoms with Crippen molar-refractivity contribution in [1.82, 2.24) is 19.8 Å². The quantitative estimate of drug-likeness (QED) is 0.908. The van der Waals surface area contributed by atoms with Crippen LogP contribution in [0.25, 0.3) is 0 Å². The van der Waals surface area contributed by atoms with Gasteiger partial charge in [0.2, 0.25) is 0 Å². The molecule has 3 heterocycles. The Kier molecular flexibility index (Phi) is 5.06. The molecule has 0 aromatic carbocycles. The number of rotatable bonds is 5. The maximum atomic E-state index is 10.8. The third-order valence-electron chi connectivity index (χ3n) is 4.42. The maximum absolute atomic E-state index is 10.8. The Morgan fingerprint density at radius 2 is 2.13 bits per heavy atom. The van der Waals surface area contributed by atoms with Crippen molar-refractivity contribution < 1.29 is 5.11 Å². The summed E-state index contributed by atoms with van der Waals surface area (Å²) in [5.41, 5.74) is 1.30. The lowest BCUT2D eigenvalue weighted by Crippen LogP contribution is -2.40. The van der Waals surface area contributed by atoms with E-state index in [4.69, 9.17) is 4.98 Å². The molecule has 0 amide bonds. The molecule has 2 aromatic heterocycles. The van der Waals surface area contributed by atoms with Crippen molar-refractivity contribution >= 4 is 11.3 Å². The summed E-state index contributed by atoms with van der Waals surface area (Å²) in [6.07, 6.45) is 5.21. The van der Waals surface area contributed by atoms with Gasteiger partial charge >= 0.3 is 0 Å². The second kappa shape index (κ2) is 7.05. The topological polar surface area (TPSA) is 52.5 Å². The summed E-state index contributed by atoms with van der Waals surface area (Å²) in [4.78, 5) is 13.3. The summed E-state index contributed by atoms with van der Waals surface area (Å²) in [6.45, 7) is 3.47. The van der Waals surface area contributed by atoms with Gasteiger partial charge in [-0.2, -0.15) is 0 Å². The van der Waals surface area contributed by atoms with Gasteiger partial charge in [-0.25, -0.2) is 4.98 Å². The van der Waals surface area contributed by atoms with Crippen LogP contribution in [0.15, 0.2) is 29.9 Å². The monoisotopic (exact) mass is 332 g/mol. The van der Waals surface area contributed by atoms with Crippen LogP contribution in [0.2, 0.25) is 0 Å². The lowest BCUT2D eigenvalue weighted by atomic mass is 9.89. The average molecular weight is 332 g/mol. The van der Waals surface area contributed by atoms with Crippen LogP contribution in [0.5, 0.6) is 0 Å². The Labute approximate surface area is 141 Å². The van der Waals surface area contributed by atoms with E-state index < -0.39 is 5.60 Å². The van der Waals surface area contributed by atoms with Gasteiger partial charge in [0.15, 0.2) is 0 Å². The Hall–Kier alpha value is -1.34. The molecule has 0 radical (unpaired) electrons. The Bertz CT molecular complexity index is 623. The molecule has 0 spiro atoms. The highest BCUT2D eigenvalue weighted by atomic mass is 32.1. The number of hydrogen-bond donors (Lipinski definition) is 1. The highest BCUT2D eigenvalue weighted by Crippen LogP contribution is 2.33. The van der Waals surface area contributed by atoms with E-state index in [2.05, 4.69) is 34.9 Å². The third-order valence-corrected chi connectivity index (χ3v) is 5.26. The molecular formula is C17H24N4OS. The molecule has 124 valence electrons. The first-order chi connectivity index (χ1) is 11.0. The van der Waals surface area contributed by atoms with Crippen molar-refractivity contribution in [2.24, 2.45) is 0 Å². The van der Waals surface area contributed by atoms with E-state index in [0.717, 1.165) is 49.7 Å². The number of thiazole rings is 1. The smallest absolute Gasteiger partial charge is 0.110 e. The van der Waals surface area contributed by atoms with Gasteiger partial charge in [-0.05, 0) is 38.6 Å². The molecule has 1 aliphatic rings. The minimum absolute atomic E-state index is 0.747. The maximum Gasteiger partial charge on any atom is 0.110 e. The summed E-state index contributed by atoms with van der Waals surface area (Å²) in [5, 5.41) is 13.9. The SMILES string of the molecule is CN1CCC(O)(c2csc(CN(C)Cc3cccnc3)n2)CC1. The van der Waals surface area contributed by atoms with E-state index in [1.165, 1.54) is 5.56 Å². The molecule has 0 aliphatic carbocycles. The van der Waals surface area contributed by atoms with Crippen LogP contribution >= 0.6 is 11.3 Å². The van der Waals surface area contributed by atoms with E-state index >= 15 is 0 Å². The first kappa shape index (κ1) is 16.5. The van der Waals surface area contributed by atoms with Gasteiger partial charge in [-0.3, -0.25) is 9.88 Å². The van der Waals surface area contributed by atoms with Gasteiger partial charge < -0.3 is 10.0 Å². The number of piperidine rings is 1. The van der Waals surface area contributed by atoms with Crippen molar-refractivity contribution in [3.8, 4) is 0 Å². The van der Waals surface area contributed by atoms with Crippen molar-refractivity contribution in [3.05, 3.63) is 46.2 Å². The van der Waals surface area contributed by atoms with Crippen LogP contribution in [0.1, 0.15) is 29.1 Å². The van der Waals surface area contributed by atoms with Gasteiger partial charge in [-0.15, -0.1) is 11.3 Å². The van der Waals surface area contributed by atoms with Crippen LogP contribution in [0.3, 0.4) is 0 Å². The number of pyridine rings is 1. The van der Waals surface area contributed by atoms with Gasteiger partial charge in [0.05, 0.1) is 12.2 Å². The first-order valence-corrected chi connectivity index (χ1v) is 8.86. The molecule has 6 heteroatoms. The van der Waals surface area contributed by atoms with Crippen molar-refractivity contribution in [2.45, 2.75) is 31.5 Å². The molecule has 0 unspecified atom stereocenters. The molecule has 3 rings (SSSR count). The molecule has 0 atom stereocenters. The molecule has 1 aliphatic heterocycles. The zero-order valence-corrected chi connectivity index (χ0v) is 14.6. The Balaban J connectivity index is 1.61. The zero-order chi connectivity index (χ0) is 16.3. The zero-order valence-electron chi connectivity index (χ0n) is 13.8. The molecule has 1 fully saturated rings. The molecule has 1 N–H and O–H groups in total. The summed E-state index contributed by atoms with van der Waals surface area (Å²) in [5.74, 6) is 0. The highest BCUT2D eigenvalue weighted by Gasteiger charge is 2.35. The van der Waals surface area contributed by atoms with Gasteiger partial charge in [-0.1, -0.05) is 6.07 Å². The average Bonchev–Trinajstić information content (AvgIpc) is 3.00. The minimum Gasteiger partial charge on any atom is -0.383 e.